The number of aliphatic carboxylic acids is 1. The van der Waals surface area contributed by atoms with Crippen LogP contribution in [0.25, 0.3) is 0 Å². The van der Waals surface area contributed by atoms with Gasteiger partial charge in [0.25, 0.3) is 11.4 Å². The van der Waals surface area contributed by atoms with Crippen LogP contribution >= 0.6 is 23.2 Å². The molecule has 2 amide bonds. The van der Waals surface area contributed by atoms with Gasteiger partial charge in [0.05, 0.1) is 28.4 Å². The van der Waals surface area contributed by atoms with Crippen LogP contribution in [-0.2, 0) is 14.4 Å². The molecule has 0 heterocycles. The van der Waals surface area contributed by atoms with Crippen LogP contribution in [0.15, 0.2) is 28.8 Å². The minimum absolute atomic E-state index is 0.0524. The molecule has 37 heavy (non-hydrogen) atoms. The van der Waals surface area contributed by atoms with Crippen LogP contribution < -0.4 is 16.0 Å². The lowest BCUT2D eigenvalue weighted by molar-refractivity contribution is -0.393. The summed E-state index contributed by atoms with van der Waals surface area (Å²) < 4.78 is 0.0524. The zero-order valence-electron chi connectivity index (χ0n) is 20.0. The van der Waals surface area contributed by atoms with E-state index in [0.29, 0.717) is 12.8 Å². The number of nitro groups is 2. The fraction of sp³-hybridized carbons (Fsp3) is 0.500. The van der Waals surface area contributed by atoms with Gasteiger partial charge in [0.2, 0.25) is 11.8 Å². The molecule has 1 unspecified atom stereocenters. The molecule has 1 fully saturated rings. The van der Waals surface area contributed by atoms with Gasteiger partial charge in [-0.1, -0.05) is 37.0 Å². The number of carboxylic acids is 1. The molecule has 1 saturated carbocycles. The Bertz CT molecular complexity index is 1110. The molecule has 0 aliphatic heterocycles. The van der Waals surface area contributed by atoms with Gasteiger partial charge in [-0.15, -0.1) is 0 Å². The number of rotatable bonds is 14. The zero-order chi connectivity index (χ0) is 27.9. The first-order valence-electron chi connectivity index (χ1n) is 11.2. The van der Waals surface area contributed by atoms with Crippen LogP contribution in [-0.4, -0.2) is 51.9 Å². The molecule has 2 rings (SSSR count). The van der Waals surface area contributed by atoms with E-state index in [2.05, 4.69) is 16.0 Å². The molecular formula is C22H27Cl2N5O8. The summed E-state index contributed by atoms with van der Waals surface area (Å²) in [4.78, 5) is 56.7. The van der Waals surface area contributed by atoms with E-state index in [0.717, 1.165) is 12.1 Å². The van der Waals surface area contributed by atoms with Crippen LogP contribution in [0.5, 0.6) is 0 Å². The smallest absolute Gasteiger partial charge is 0.326 e. The molecule has 0 spiro atoms. The number of unbranched alkanes of at least 4 members (excludes halogenated alkanes) is 1. The maximum atomic E-state index is 12.4. The number of nitrogens with one attached hydrogen (secondary N) is 3. The van der Waals surface area contributed by atoms with Crippen LogP contribution in [0.2, 0.25) is 0 Å². The van der Waals surface area contributed by atoms with Gasteiger partial charge in [-0.05, 0) is 42.7 Å². The second kappa shape index (κ2) is 12.7. The maximum absolute atomic E-state index is 12.4. The summed E-state index contributed by atoms with van der Waals surface area (Å²) in [6.07, 6.45) is 2.40. The Hall–Kier alpha value is -3.45. The van der Waals surface area contributed by atoms with E-state index in [9.17, 15) is 39.7 Å². The Morgan fingerprint density at radius 2 is 1.84 bits per heavy atom. The average molecular weight is 560 g/mol. The largest absolute Gasteiger partial charge is 0.480 e. The van der Waals surface area contributed by atoms with Gasteiger partial charge in [0.1, 0.15) is 16.2 Å². The summed E-state index contributed by atoms with van der Waals surface area (Å²) in [5.74, 6) is -2.87. The number of hydrogen-bond acceptors (Lipinski definition) is 8. The van der Waals surface area contributed by atoms with Crippen molar-refractivity contribution in [2.24, 2.45) is 17.3 Å². The first-order chi connectivity index (χ1) is 17.2. The average Bonchev–Trinajstić information content (AvgIpc) is 3.34. The predicted molar refractivity (Wildman–Crippen MR) is 135 cm³/mol. The topological polar surface area (TPSA) is 194 Å². The lowest BCUT2D eigenvalue weighted by atomic mass is 10.1. The summed E-state index contributed by atoms with van der Waals surface area (Å²) in [6.45, 7) is 3.56. The molecule has 0 bridgehead atoms. The Labute approximate surface area is 221 Å². The van der Waals surface area contributed by atoms with Gasteiger partial charge < -0.3 is 21.1 Å². The molecule has 1 aromatic carbocycles. The second-order valence-electron chi connectivity index (χ2n) is 9.10. The maximum Gasteiger partial charge on any atom is 0.326 e. The van der Waals surface area contributed by atoms with E-state index < -0.39 is 51.6 Å². The molecule has 1 aliphatic rings. The Morgan fingerprint density at radius 3 is 2.41 bits per heavy atom. The first-order valence-corrected chi connectivity index (χ1v) is 12.0. The number of amides is 2. The summed E-state index contributed by atoms with van der Waals surface area (Å²) in [6, 6.07) is 2.03. The second-order valence-corrected chi connectivity index (χ2v) is 10.1. The highest BCUT2D eigenvalue weighted by molar-refractivity contribution is 6.55. The predicted octanol–water partition coefficient (Wildman–Crippen LogP) is 3.36. The van der Waals surface area contributed by atoms with Crippen molar-refractivity contribution in [1.82, 2.24) is 10.6 Å². The highest BCUT2D eigenvalue weighted by Crippen LogP contribution is 2.59. The number of benzene rings is 1. The van der Waals surface area contributed by atoms with Crippen molar-refractivity contribution in [3.8, 4) is 0 Å². The normalized spacial score (nSPS) is 18.2. The lowest BCUT2D eigenvalue weighted by Crippen LogP contribution is -2.46. The molecule has 15 heteroatoms. The molecule has 0 radical (unpaired) electrons. The van der Waals surface area contributed by atoms with Gasteiger partial charge in [-0.2, -0.15) is 0 Å². The van der Waals surface area contributed by atoms with Crippen LogP contribution in [0.4, 0.5) is 17.1 Å². The lowest BCUT2D eigenvalue weighted by Gasteiger charge is -2.15. The van der Waals surface area contributed by atoms with Crippen molar-refractivity contribution in [2.45, 2.75) is 39.2 Å². The number of carbonyl (C=O) groups excluding carboxylic acids is 2. The minimum Gasteiger partial charge on any atom is -0.480 e. The number of non-ortho nitro benzene ring substituents is 1. The van der Waals surface area contributed by atoms with Crippen molar-refractivity contribution < 1.29 is 29.3 Å². The first kappa shape index (κ1) is 29.8. The molecule has 4 N–H and O–H groups in total. The number of hydrogen-bond donors (Lipinski definition) is 4. The molecular weight excluding hydrogens is 533 g/mol. The third kappa shape index (κ3) is 8.29. The molecule has 0 aromatic heterocycles. The van der Waals surface area contributed by atoms with Gasteiger partial charge in [-0.3, -0.25) is 29.8 Å². The van der Waals surface area contributed by atoms with E-state index in [1.54, 1.807) is 6.08 Å². The van der Waals surface area contributed by atoms with Gasteiger partial charge in [0, 0.05) is 12.6 Å². The van der Waals surface area contributed by atoms with E-state index in [-0.39, 0.29) is 40.4 Å². The molecule has 1 aromatic rings. The standard InChI is InChI=1S/C22H27Cl2N5O8/c1-22(2)13(10-17(23)24)19(22)20(31)26-11-18(30)27-15(21(32)33)5-3-4-8-25-14-7-6-12(28(34)35)9-16(14)29(36)37/h6-7,9-10,13,15,19,25H,3-5,8,11H2,1-2H3,(H,26,31)(H,27,30)(H,32,33)/t13-,15?,19-/m0/s1. The fourth-order valence-electron chi connectivity index (χ4n) is 4.04. The van der Waals surface area contributed by atoms with Crippen LogP contribution in [0.1, 0.15) is 33.1 Å². The molecule has 1 aliphatic carbocycles. The Morgan fingerprint density at radius 1 is 1.16 bits per heavy atom. The highest BCUT2D eigenvalue weighted by atomic mass is 35.5. The number of carbonyl (C=O) groups is 3. The summed E-state index contributed by atoms with van der Waals surface area (Å²) in [5.41, 5.74) is -1.14. The Kier molecular flexibility index (Phi) is 10.2. The fourth-order valence-corrected chi connectivity index (χ4v) is 4.31. The van der Waals surface area contributed by atoms with Crippen LogP contribution in [0, 0.1) is 37.5 Å². The van der Waals surface area contributed by atoms with Gasteiger partial charge >= 0.3 is 5.97 Å². The molecule has 13 nitrogen and oxygen atoms in total. The molecule has 3 atom stereocenters. The van der Waals surface area contributed by atoms with E-state index in [4.69, 9.17) is 23.2 Å². The monoisotopic (exact) mass is 559 g/mol. The van der Waals surface area contributed by atoms with Gasteiger partial charge in [0.15, 0.2) is 0 Å². The Balaban J connectivity index is 1.78. The third-order valence-corrected chi connectivity index (χ3v) is 6.43. The quantitative estimate of drug-likeness (QED) is 0.150. The highest BCUT2D eigenvalue weighted by Gasteiger charge is 2.60. The number of anilines is 1. The van der Waals surface area contributed by atoms with E-state index >= 15 is 0 Å². The number of nitrogens with zero attached hydrogens (tertiary/aromatic N) is 2. The van der Waals surface area contributed by atoms with Crippen molar-refractivity contribution in [1.29, 1.82) is 0 Å². The summed E-state index contributed by atoms with van der Waals surface area (Å²) >= 11 is 11.3. The van der Waals surface area contributed by atoms with Crippen molar-refractivity contribution in [3.63, 3.8) is 0 Å². The third-order valence-electron chi connectivity index (χ3n) is 6.18. The summed E-state index contributed by atoms with van der Waals surface area (Å²) in [5, 5.41) is 39.1. The number of allylic oxidation sites excluding steroid dienone is 1. The van der Waals surface area contributed by atoms with E-state index in [1.165, 1.54) is 6.07 Å². The minimum atomic E-state index is -1.25. The van der Waals surface area contributed by atoms with Crippen LogP contribution in [0.3, 0.4) is 0 Å². The van der Waals surface area contributed by atoms with Crippen molar-refractivity contribution >= 4 is 58.0 Å². The molecule has 0 saturated heterocycles. The zero-order valence-corrected chi connectivity index (χ0v) is 21.5. The summed E-state index contributed by atoms with van der Waals surface area (Å²) in [7, 11) is 0. The molecule has 202 valence electrons. The van der Waals surface area contributed by atoms with Crippen molar-refractivity contribution in [3.05, 3.63) is 49.0 Å². The SMILES string of the molecule is CC1(C)[C@H](C(=O)NCC(=O)NC(CCCCNc2ccc([N+](=O)[O-])cc2[N+](=O)[O-])C(=O)O)[C@@H]1C=C(Cl)Cl. The number of nitro benzene ring substituents is 2. The van der Waals surface area contributed by atoms with E-state index in [1.807, 2.05) is 13.8 Å². The number of halogens is 2. The number of carboxylic acid groups (broad SMARTS) is 1. The van der Waals surface area contributed by atoms with Crippen molar-refractivity contribution in [2.75, 3.05) is 18.4 Å². The van der Waals surface area contributed by atoms with Gasteiger partial charge in [-0.25, -0.2) is 4.79 Å².